The summed E-state index contributed by atoms with van der Waals surface area (Å²) in [6.07, 6.45) is 7.43. The van der Waals surface area contributed by atoms with Crippen molar-refractivity contribution in [1.29, 1.82) is 0 Å². The van der Waals surface area contributed by atoms with Gasteiger partial charge in [-0.3, -0.25) is 14.5 Å². The molecule has 1 aliphatic rings. The summed E-state index contributed by atoms with van der Waals surface area (Å²) in [7, 11) is -3.59. The highest BCUT2D eigenvalue weighted by molar-refractivity contribution is 9.10. The number of hydrogen-bond acceptors (Lipinski definition) is 5. The molecule has 1 aromatic rings. The molecule has 1 heterocycles. The normalized spacial score (nSPS) is 16.5. The van der Waals surface area contributed by atoms with Crippen LogP contribution in [0.15, 0.2) is 28.7 Å². The number of terminal acetylenes is 1. The molecule has 0 bridgehead atoms. The van der Waals surface area contributed by atoms with Crippen molar-refractivity contribution in [3.63, 3.8) is 0 Å². The number of carbonyl (C=O) groups is 2. The molecule has 2 amide bonds. The van der Waals surface area contributed by atoms with E-state index in [0.29, 0.717) is 12.8 Å². The highest BCUT2D eigenvalue weighted by Gasteiger charge is 2.33. The maximum atomic E-state index is 12.3. The molecule has 0 radical (unpaired) electrons. The van der Waals surface area contributed by atoms with Crippen molar-refractivity contribution in [3.8, 4) is 12.3 Å². The van der Waals surface area contributed by atoms with Gasteiger partial charge in [-0.25, -0.2) is 8.42 Å². The quantitative estimate of drug-likeness (QED) is 0.482. The predicted octanol–water partition coefficient (Wildman–Crippen LogP) is 1.10. The monoisotopic (exact) mass is 512 g/mol. The van der Waals surface area contributed by atoms with Gasteiger partial charge in [0.2, 0.25) is 21.8 Å². The van der Waals surface area contributed by atoms with E-state index in [9.17, 15) is 18.0 Å². The van der Waals surface area contributed by atoms with Gasteiger partial charge in [-0.1, -0.05) is 34.0 Å². The van der Waals surface area contributed by atoms with Gasteiger partial charge < -0.3 is 10.6 Å². The summed E-state index contributed by atoms with van der Waals surface area (Å²) in [6, 6.07) is 8.09. The van der Waals surface area contributed by atoms with Crippen molar-refractivity contribution in [2.75, 3.05) is 39.0 Å². The van der Waals surface area contributed by atoms with Gasteiger partial charge in [0.15, 0.2) is 0 Å². The second-order valence-electron chi connectivity index (χ2n) is 7.56. The number of nitrogens with one attached hydrogen (secondary N) is 2. The van der Waals surface area contributed by atoms with Gasteiger partial charge in [-0.15, -0.1) is 6.42 Å². The van der Waals surface area contributed by atoms with Crippen molar-refractivity contribution in [1.82, 2.24) is 19.8 Å². The van der Waals surface area contributed by atoms with E-state index in [4.69, 9.17) is 6.42 Å². The van der Waals surface area contributed by atoms with Crippen LogP contribution in [0.25, 0.3) is 0 Å². The molecule has 1 saturated heterocycles. The summed E-state index contributed by atoms with van der Waals surface area (Å²) in [5.41, 5.74) is 1.19. The van der Waals surface area contributed by atoms with Crippen LogP contribution in [0.3, 0.4) is 0 Å². The number of likely N-dealkylation sites (tertiary alicyclic amines) is 1. The Morgan fingerprint density at radius 1 is 1.29 bits per heavy atom. The first-order valence-electron chi connectivity index (χ1n) is 10.0. The lowest BCUT2D eigenvalue weighted by Gasteiger charge is -2.39. The third-order valence-corrected chi connectivity index (χ3v) is 7.12. The second-order valence-corrected chi connectivity index (χ2v) is 10.4. The Morgan fingerprint density at radius 3 is 2.55 bits per heavy atom. The number of benzene rings is 1. The molecule has 170 valence electrons. The van der Waals surface area contributed by atoms with Crippen LogP contribution in [0.1, 0.15) is 31.4 Å². The molecule has 0 spiro atoms. The standard InChI is InChI=1S/C21H29BrN4O4S/c1-4-10-23-20(27)14-24-21(28)15-26(31(3,29)30)19-8-11-25(12-9-19)16(2)17-6-5-7-18(22)13-17/h1,5-7,13,16,19H,8-12,14-15H2,2-3H3,(H,23,27)(H,24,28). The highest BCUT2D eigenvalue weighted by Crippen LogP contribution is 2.28. The number of halogens is 1. The summed E-state index contributed by atoms with van der Waals surface area (Å²) in [6.45, 7) is 3.09. The van der Waals surface area contributed by atoms with Gasteiger partial charge in [0, 0.05) is 29.6 Å². The van der Waals surface area contributed by atoms with E-state index in [1.807, 2.05) is 12.1 Å². The van der Waals surface area contributed by atoms with Gasteiger partial charge in [-0.2, -0.15) is 4.31 Å². The Bertz CT molecular complexity index is 924. The summed E-state index contributed by atoms with van der Waals surface area (Å²) >= 11 is 3.50. The third kappa shape index (κ3) is 7.92. The number of carbonyl (C=O) groups excluding carboxylic acids is 2. The minimum absolute atomic E-state index is 0.0705. The molecule has 31 heavy (non-hydrogen) atoms. The largest absolute Gasteiger partial charge is 0.346 e. The van der Waals surface area contributed by atoms with Crippen molar-refractivity contribution in [3.05, 3.63) is 34.3 Å². The number of hydrogen-bond donors (Lipinski definition) is 2. The van der Waals surface area contributed by atoms with Gasteiger partial charge >= 0.3 is 0 Å². The van der Waals surface area contributed by atoms with Gasteiger partial charge in [0.05, 0.1) is 25.9 Å². The maximum absolute atomic E-state index is 12.3. The first-order chi connectivity index (χ1) is 14.6. The molecule has 1 atom stereocenters. The fourth-order valence-electron chi connectivity index (χ4n) is 3.64. The number of amides is 2. The Kier molecular flexibility index (Phi) is 9.50. The van der Waals surface area contributed by atoms with Crippen LogP contribution in [-0.4, -0.2) is 74.5 Å². The fraction of sp³-hybridized carbons (Fsp3) is 0.524. The zero-order valence-corrected chi connectivity index (χ0v) is 20.2. The Labute approximate surface area is 192 Å². The summed E-state index contributed by atoms with van der Waals surface area (Å²) in [4.78, 5) is 26.1. The van der Waals surface area contributed by atoms with Crippen LogP contribution in [0.2, 0.25) is 0 Å². The topological polar surface area (TPSA) is 98.8 Å². The minimum Gasteiger partial charge on any atom is -0.346 e. The van der Waals surface area contributed by atoms with E-state index >= 15 is 0 Å². The SMILES string of the molecule is C#CCNC(=O)CNC(=O)CN(C1CCN(C(C)c2cccc(Br)c2)CC1)S(C)(=O)=O. The third-order valence-electron chi connectivity index (χ3n) is 5.34. The molecule has 1 aliphatic heterocycles. The smallest absolute Gasteiger partial charge is 0.240 e. The van der Waals surface area contributed by atoms with E-state index in [1.54, 1.807) is 0 Å². The molecule has 0 aromatic heterocycles. The lowest BCUT2D eigenvalue weighted by atomic mass is 10.00. The van der Waals surface area contributed by atoms with Gasteiger partial charge in [0.1, 0.15) is 0 Å². The van der Waals surface area contributed by atoms with Crippen molar-refractivity contribution in [2.45, 2.75) is 31.8 Å². The van der Waals surface area contributed by atoms with Gasteiger partial charge in [0.25, 0.3) is 0 Å². The molecule has 0 saturated carbocycles. The first kappa shape index (κ1) is 25.3. The molecule has 2 N–H and O–H groups in total. The summed E-state index contributed by atoms with van der Waals surface area (Å²) < 4.78 is 27.0. The van der Waals surface area contributed by atoms with Crippen LogP contribution < -0.4 is 10.6 Å². The van der Waals surface area contributed by atoms with Crippen LogP contribution >= 0.6 is 15.9 Å². The lowest BCUT2D eigenvalue weighted by molar-refractivity contribution is -0.126. The van der Waals surface area contributed by atoms with E-state index in [1.165, 1.54) is 9.87 Å². The zero-order valence-electron chi connectivity index (χ0n) is 17.8. The molecule has 1 unspecified atom stereocenters. The maximum Gasteiger partial charge on any atom is 0.240 e. The molecule has 2 rings (SSSR count). The van der Waals surface area contributed by atoms with Crippen molar-refractivity contribution in [2.24, 2.45) is 0 Å². The van der Waals surface area contributed by atoms with Crippen molar-refractivity contribution >= 4 is 37.8 Å². The number of nitrogens with zero attached hydrogens (tertiary/aromatic N) is 2. The number of piperidine rings is 1. The number of sulfonamides is 1. The van der Waals surface area contributed by atoms with Crippen LogP contribution in [0.5, 0.6) is 0 Å². The summed E-state index contributed by atoms with van der Waals surface area (Å²) in [5, 5.41) is 4.88. The van der Waals surface area contributed by atoms with Crippen LogP contribution in [-0.2, 0) is 19.6 Å². The molecule has 8 nitrogen and oxygen atoms in total. The van der Waals surface area contributed by atoms with Gasteiger partial charge in [-0.05, 0) is 37.5 Å². The second kappa shape index (κ2) is 11.6. The highest BCUT2D eigenvalue weighted by atomic mass is 79.9. The zero-order chi connectivity index (χ0) is 23.0. The average Bonchev–Trinajstić information content (AvgIpc) is 2.73. The molecule has 10 heteroatoms. The summed E-state index contributed by atoms with van der Waals surface area (Å²) in [5.74, 6) is 1.32. The average molecular weight is 513 g/mol. The molecular weight excluding hydrogens is 484 g/mol. The minimum atomic E-state index is -3.59. The van der Waals surface area contributed by atoms with Crippen LogP contribution in [0, 0.1) is 12.3 Å². The Balaban J connectivity index is 1.93. The Hall–Kier alpha value is -1.93. The van der Waals surface area contributed by atoms with Crippen molar-refractivity contribution < 1.29 is 18.0 Å². The molecule has 1 fully saturated rings. The van der Waals surface area contributed by atoms with Crippen LogP contribution in [0.4, 0.5) is 0 Å². The Morgan fingerprint density at radius 2 is 1.97 bits per heavy atom. The molecule has 0 aliphatic carbocycles. The molecular formula is C21H29BrN4O4S. The van der Waals surface area contributed by atoms with E-state index in [2.05, 4.69) is 56.4 Å². The van der Waals surface area contributed by atoms with E-state index < -0.39 is 21.8 Å². The molecule has 1 aromatic carbocycles. The number of rotatable bonds is 9. The lowest BCUT2D eigenvalue weighted by Crippen LogP contribution is -2.51. The predicted molar refractivity (Wildman–Crippen MR) is 124 cm³/mol. The van der Waals surface area contributed by atoms with E-state index in [-0.39, 0.29) is 31.7 Å². The van der Waals surface area contributed by atoms with E-state index in [0.717, 1.165) is 23.8 Å². The fourth-order valence-corrected chi connectivity index (χ4v) is 5.17. The first-order valence-corrected chi connectivity index (χ1v) is 12.7.